The third-order valence-electron chi connectivity index (χ3n) is 7.05. The van der Waals surface area contributed by atoms with Crippen molar-refractivity contribution in [3.63, 3.8) is 0 Å². The maximum Gasteiger partial charge on any atom is 0.226 e. The van der Waals surface area contributed by atoms with Crippen molar-refractivity contribution < 1.29 is 0 Å². The third kappa shape index (κ3) is 4.82. The molecule has 1 aromatic carbocycles. The Balaban J connectivity index is 1.19. The number of aromatic nitrogens is 5. The monoisotopic (exact) mass is 475 g/mol. The van der Waals surface area contributed by atoms with E-state index in [-0.39, 0.29) is 0 Å². The van der Waals surface area contributed by atoms with Crippen LogP contribution in [-0.4, -0.2) is 38.0 Å². The van der Waals surface area contributed by atoms with Crippen LogP contribution < -0.4 is 9.80 Å². The van der Waals surface area contributed by atoms with E-state index in [1.807, 2.05) is 36.4 Å². The Bertz CT molecular complexity index is 1380. The fourth-order valence-electron chi connectivity index (χ4n) is 4.86. The molecule has 2 aliphatic heterocycles. The first-order valence-electron chi connectivity index (χ1n) is 12.6. The van der Waals surface area contributed by atoms with Crippen molar-refractivity contribution in [2.24, 2.45) is 5.92 Å². The highest BCUT2D eigenvalue weighted by Crippen LogP contribution is 2.31. The van der Waals surface area contributed by atoms with E-state index in [1.165, 1.54) is 29.7 Å². The summed E-state index contributed by atoms with van der Waals surface area (Å²) < 4.78 is 0. The van der Waals surface area contributed by atoms with Crippen LogP contribution in [0.25, 0.3) is 23.7 Å². The van der Waals surface area contributed by atoms with Crippen molar-refractivity contribution >= 4 is 23.8 Å². The Morgan fingerprint density at radius 2 is 1.58 bits per heavy atom. The molecule has 2 aliphatic rings. The van der Waals surface area contributed by atoms with Crippen LogP contribution in [0.1, 0.15) is 42.1 Å². The van der Waals surface area contributed by atoms with Gasteiger partial charge in [0.2, 0.25) is 5.95 Å². The number of anilines is 2. The second-order valence-electron chi connectivity index (χ2n) is 9.64. The molecule has 0 unspecified atom stereocenters. The predicted molar refractivity (Wildman–Crippen MR) is 143 cm³/mol. The maximum atomic E-state index is 4.84. The van der Waals surface area contributed by atoms with E-state index in [2.05, 4.69) is 49.9 Å². The normalized spacial score (nSPS) is 16.0. The van der Waals surface area contributed by atoms with E-state index in [0.29, 0.717) is 11.8 Å². The van der Waals surface area contributed by atoms with Crippen LogP contribution in [0.15, 0.2) is 67.3 Å². The largest absolute Gasteiger partial charge is 0.372 e. The molecule has 5 heterocycles. The molecule has 3 aromatic heterocycles. The van der Waals surface area contributed by atoms with E-state index >= 15 is 0 Å². The lowest BCUT2D eigenvalue weighted by Gasteiger charge is -2.32. The first-order valence-corrected chi connectivity index (χ1v) is 12.6. The maximum absolute atomic E-state index is 4.84. The number of rotatable bonds is 5. The molecule has 0 N–H and O–H groups in total. The Hall–Kier alpha value is -4.13. The zero-order chi connectivity index (χ0) is 24.3. The zero-order valence-electron chi connectivity index (χ0n) is 20.5. The van der Waals surface area contributed by atoms with E-state index in [0.717, 1.165) is 49.0 Å². The summed E-state index contributed by atoms with van der Waals surface area (Å²) in [6, 6.07) is 14.6. The van der Waals surface area contributed by atoms with Crippen LogP contribution in [-0.2, 0) is 13.1 Å². The van der Waals surface area contributed by atoms with Crippen LogP contribution in [0.2, 0.25) is 0 Å². The van der Waals surface area contributed by atoms with Crippen molar-refractivity contribution in [3.05, 3.63) is 89.6 Å². The van der Waals surface area contributed by atoms with Gasteiger partial charge in [0, 0.05) is 56.7 Å². The molecule has 0 amide bonds. The topological polar surface area (TPSA) is 70.9 Å². The van der Waals surface area contributed by atoms with Gasteiger partial charge in [0.25, 0.3) is 0 Å². The summed E-state index contributed by atoms with van der Waals surface area (Å²) in [5.41, 5.74) is 6.66. The lowest BCUT2D eigenvalue weighted by molar-refractivity contribution is 0.438. The average Bonchev–Trinajstić information content (AvgIpc) is 3.37. The van der Waals surface area contributed by atoms with Gasteiger partial charge in [0.1, 0.15) is 5.69 Å². The van der Waals surface area contributed by atoms with E-state index in [1.54, 1.807) is 24.8 Å². The van der Waals surface area contributed by atoms with Crippen molar-refractivity contribution in [1.82, 2.24) is 24.9 Å². The van der Waals surface area contributed by atoms with Crippen molar-refractivity contribution in [2.75, 3.05) is 22.9 Å². The average molecular weight is 476 g/mol. The third-order valence-corrected chi connectivity index (χ3v) is 7.05. The molecule has 7 nitrogen and oxygen atoms in total. The van der Waals surface area contributed by atoms with Crippen LogP contribution >= 0.6 is 0 Å². The minimum Gasteiger partial charge on any atom is -0.372 e. The number of nitrogens with zero attached hydrogens (tertiary/aromatic N) is 7. The standard InChI is InChI=1S/C29H29N7/c1-21-10-16-35(17-11-21)26-5-3-23-19-36(20-24(23)18-26)29-32-15-9-27(34-29)28-31-14-8-25(33-28)4-2-22-6-12-30-13-7-22/h2-9,12-15,18,21H,10-11,16-17,19-20H2,1H3/b4-2+. The fourth-order valence-corrected chi connectivity index (χ4v) is 4.86. The number of hydrogen-bond donors (Lipinski definition) is 0. The number of hydrogen-bond acceptors (Lipinski definition) is 7. The van der Waals surface area contributed by atoms with Crippen LogP contribution in [0.4, 0.5) is 11.6 Å². The molecule has 0 saturated carbocycles. The Morgan fingerprint density at radius 1 is 0.778 bits per heavy atom. The number of benzene rings is 1. The Kier molecular flexibility index (Phi) is 6.11. The molecule has 1 fully saturated rings. The van der Waals surface area contributed by atoms with Gasteiger partial charge in [-0.15, -0.1) is 0 Å². The van der Waals surface area contributed by atoms with Gasteiger partial charge in [0.15, 0.2) is 5.82 Å². The first kappa shape index (κ1) is 22.3. The lowest BCUT2D eigenvalue weighted by atomic mass is 9.98. The van der Waals surface area contributed by atoms with Crippen molar-refractivity contribution in [2.45, 2.75) is 32.9 Å². The number of pyridine rings is 1. The van der Waals surface area contributed by atoms with Gasteiger partial charge in [0.05, 0.1) is 5.69 Å². The van der Waals surface area contributed by atoms with Gasteiger partial charge in [-0.05, 0) is 77.9 Å². The van der Waals surface area contributed by atoms with Gasteiger partial charge < -0.3 is 9.80 Å². The van der Waals surface area contributed by atoms with Crippen molar-refractivity contribution in [1.29, 1.82) is 0 Å². The predicted octanol–water partition coefficient (Wildman–Crippen LogP) is 5.26. The Labute approximate surface area is 211 Å². The summed E-state index contributed by atoms with van der Waals surface area (Å²) in [5.74, 6) is 2.13. The molecular formula is C29H29N7. The molecule has 7 heteroatoms. The molecule has 0 spiro atoms. The fraction of sp³-hybridized carbons (Fsp3) is 0.276. The number of fused-ring (bicyclic) bond motifs is 1. The molecular weight excluding hydrogens is 446 g/mol. The van der Waals surface area contributed by atoms with Crippen LogP contribution in [0.5, 0.6) is 0 Å². The van der Waals surface area contributed by atoms with Crippen molar-refractivity contribution in [3.8, 4) is 11.5 Å². The number of piperidine rings is 1. The highest BCUT2D eigenvalue weighted by atomic mass is 15.3. The molecule has 0 aliphatic carbocycles. The SMILES string of the molecule is CC1CCN(c2ccc3c(c2)CN(c2nccc(-c4nccc(/C=C/c5ccncc5)n4)n2)C3)CC1. The minimum atomic E-state index is 0.592. The molecule has 0 bridgehead atoms. The molecule has 4 aromatic rings. The first-order chi connectivity index (χ1) is 17.7. The summed E-state index contributed by atoms with van der Waals surface area (Å²) in [6.07, 6.45) is 13.6. The van der Waals surface area contributed by atoms with Gasteiger partial charge >= 0.3 is 0 Å². The second-order valence-corrected chi connectivity index (χ2v) is 9.64. The highest BCUT2D eigenvalue weighted by Gasteiger charge is 2.24. The minimum absolute atomic E-state index is 0.592. The Morgan fingerprint density at radius 3 is 2.44 bits per heavy atom. The summed E-state index contributed by atoms with van der Waals surface area (Å²) in [5, 5.41) is 0. The highest BCUT2D eigenvalue weighted by molar-refractivity contribution is 5.68. The van der Waals surface area contributed by atoms with E-state index in [9.17, 15) is 0 Å². The summed E-state index contributed by atoms with van der Waals surface area (Å²) in [6.45, 7) is 6.27. The van der Waals surface area contributed by atoms with Crippen LogP contribution in [0, 0.1) is 5.92 Å². The summed E-state index contributed by atoms with van der Waals surface area (Å²) in [4.78, 5) is 27.4. The summed E-state index contributed by atoms with van der Waals surface area (Å²) >= 11 is 0. The smallest absolute Gasteiger partial charge is 0.226 e. The second kappa shape index (κ2) is 9.85. The molecule has 1 saturated heterocycles. The van der Waals surface area contributed by atoms with Gasteiger partial charge in [-0.2, -0.15) is 0 Å². The molecule has 0 atom stereocenters. The summed E-state index contributed by atoms with van der Waals surface area (Å²) in [7, 11) is 0. The quantitative estimate of drug-likeness (QED) is 0.390. The van der Waals surface area contributed by atoms with E-state index in [4.69, 9.17) is 9.97 Å². The molecule has 0 radical (unpaired) electrons. The van der Waals surface area contributed by atoms with Gasteiger partial charge in [-0.3, -0.25) is 4.98 Å². The van der Waals surface area contributed by atoms with Crippen LogP contribution in [0.3, 0.4) is 0 Å². The van der Waals surface area contributed by atoms with Gasteiger partial charge in [-0.1, -0.05) is 19.1 Å². The van der Waals surface area contributed by atoms with Gasteiger partial charge in [-0.25, -0.2) is 19.9 Å². The molecule has 36 heavy (non-hydrogen) atoms. The molecule has 6 rings (SSSR count). The zero-order valence-corrected chi connectivity index (χ0v) is 20.5. The lowest BCUT2D eigenvalue weighted by Crippen LogP contribution is -2.32. The molecule has 180 valence electrons. The van der Waals surface area contributed by atoms with E-state index < -0.39 is 0 Å².